The summed E-state index contributed by atoms with van der Waals surface area (Å²) in [6.45, 7) is 11.1. The number of likely N-dealkylation sites (tertiary alicyclic amines) is 1. The van der Waals surface area contributed by atoms with E-state index in [9.17, 15) is 9.90 Å². The molecule has 1 aromatic carbocycles. The molecule has 0 saturated carbocycles. The molecule has 26 heavy (non-hydrogen) atoms. The summed E-state index contributed by atoms with van der Waals surface area (Å²) >= 11 is 0. The lowest BCUT2D eigenvalue weighted by molar-refractivity contribution is -0.00474. The molecule has 1 spiro atoms. The third kappa shape index (κ3) is 3.47. The Morgan fingerprint density at radius 2 is 1.88 bits per heavy atom. The number of aliphatic hydroxyl groups excluding tert-OH is 1. The van der Waals surface area contributed by atoms with E-state index in [2.05, 4.69) is 31.3 Å². The largest absolute Gasteiger partial charge is 0.444 e. The molecular weight excluding hydrogens is 328 g/mol. The fourth-order valence-electron chi connectivity index (χ4n) is 4.39. The summed E-state index contributed by atoms with van der Waals surface area (Å²) in [5, 5.41) is 14.8. The van der Waals surface area contributed by atoms with Gasteiger partial charge in [-0.15, -0.1) is 0 Å². The first kappa shape index (κ1) is 19.2. The van der Waals surface area contributed by atoms with Gasteiger partial charge in [0, 0.05) is 24.5 Å². The van der Waals surface area contributed by atoms with Crippen molar-refractivity contribution < 1.29 is 14.6 Å². The van der Waals surface area contributed by atoms with Gasteiger partial charge in [0.15, 0.2) is 0 Å². The molecule has 1 saturated heterocycles. The van der Waals surface area contributed by atoms with Crippen molar-refractivity contribution in [3.05, 3.63) is 35.4 Å². The van der Waals surface area contributed by atoms with Gasteiger partial charge in [0.1, 0.15) is 5.60 Å². The number of hydrogen-bond acceptors (Lipinski definition) is 4. The van der Waals surface area contributed by atoms with E-state index in [-0.39, 0.29) is 17.6 Å². The minimum atomic E-state index is -0.488. The SMILES string of the molecule is CC(C)N[C@@H]1c2ccccc2C2(CCN(C(=O)OC(C)(C)C)CC2)[C@H]1O. The van der Waals surface area contributed by atoms with E-state index < -0.39 is 11.7 Å². The van der Waals surface area contributed by atoms with E-state index in [0.29, 0.717) is 19.1 Å². The van der Waals surface area contributed by atoms with Gasteiger partial charge in [0.05, 0.1) is 12.1 Å². The van der Waals surface area contributed by atoms with Crippen LogP contribution in [-0.2, 0) is 10.2 Å². The number of benzene rings is 1. The number of nitrogens with zero attached hydrogens (tertiary/aromatic N) is 1. The smallest absolute Gasteiger partial charge is 0.410 e. The van der Waals surface area contributed by atoms with Gasteiger partial charge in [-0.2, -0.15) is 0 Å². The van der Waals surface area contributed by atoms with Crippen molar-refractivity contribution in [2.45, 2.75) is 76.7 Å². The zero-order valence-electron chi connectivity index (χ0n) is 16.6. The Labute approximate surface area is 156 Å². The van der Waals surface area contributed by atoms with Crippen LogP contribution in [0, 0.1) is 0 Å². The molecule has 1 aliphatic heterocycles. The molecule has 1 heterocycles. The standard InChI is InChI=1S/C21H32N2O3/c1-14(2)22-17-15-8-6-7-9-16(15)21(18(17)24)10-12-23(13-11-21)19(25)26-20(3,4)5/h6-9,14,17-18,22,24H,10-13H2,1-5H3/t17-,18+/m1/s1. The van der Waals surface area contributed by atoms with Gasteiger partial charge in [0.25, 0.3) is 0 Å². The number of hydrogen-bond donors (Lipinski definition) is 2. The molecule has 0 aromatic heterocycles. The van der Waals surface area contributed by atoms with Crippen LogP contribution in [0.3, 0.4) is 0 Å². The maximum Gasteiger partial charge on any atom is 0.410 e. The monoisotopic (exact) mass is 360 g/mol. The number of carbonyl (C=O) groups excluding carboxylic acids is 1. The third-order valence-corrected chi connectivity index (χ3v) is 5.53. The lowest BCUT2D eigenvalue weighted by atomic mass is 9.72. The number of nitrogens with one attached hydrogen (secondary N) is 1. The maximum atomic E-state index is 12.4. The maximum absolute atomic E-state index is 12.4. The van der Waals surface area contributed by atoms with E-state index >= 15 is 0 Å². The fourth-order valence-corrected chi connectivity index (χ4v) is 4.39. The second-order valence-electron chi connectivity index (χ2n) is 8.95. The first-order valence-corrected chi connectivity index (χ1v) is 9.65. The van der Waals surface area contributed by atoms with Gasteiger partial charge in [-0.1, -0.05) is 38.1 Å². The quantitative estimate of drug-likeness (QED) is 0.849. The Bertz CT molecular complexity index is 657. The highest BCUT2D eigenvalue weighted by Gasteiger charge is 2.53. The number of fused-ring (bicyclic) bond motifs is 2. The predicted molar refractivity (Wildman–Crippen MR) is 102 cm³/mol. The molecule has 2 aliphatic rings. The van der Waals surface area contributed by atoms with E-state index in [1.54, 1.807) is 4.90 Å². The molecule has 1 amide bonds. The second-order valence-corrected chi connectivity index (χ2v) is 8.95. The number of aliphatic hydroxyl groups is 1. The molecule has 2 atom stereocenters. The van der Waals surface area contributed by atoms with Crippen LogP contribution in [0.25, 0.3) is 0 Å². The topological polar surface area (TPSA) is 61.8 Å². The summed E-state index contributed by atoms with van der Waals surface area (Å²) in [4.78, 5) is 14.2. The van der Waals surface area contributed by atoms with E-state index in [1.165, 1.54) is 11.1 Å². The summed E-state index contributed by atoms with van der Waals surface area (Å²) in [6, 6.07) is 8.58. The fraction of sp³-hybridized carbons (Fsp3) is 0.667. The molecule has 0 unspecified atom stereocenters. The molecule has 3 rings (SSSR count). The van der Waals surface area contributed by atoms with Gasteiger partial charge in [-0.05, 0) is 44.7 Å². The minimum Gasteiger partial charge on any atom is -0.444 e. The average Bonchev–Trinajstić information content (AvgIpc) is 2.77. The van der Waals surface area contributed by atoms with Crippen LogP contribution in [-0.4, -0.2) is 46.9 Å². The van der Waals surface area contributed by atoms with Crippen molar-refractivity contribution in [1.29, 1.82) is 0 Å². The normalized spacial score (nSPS) is 24.8. The van der Waals surface area contributed by atoms with Gasteiger partial charge < -0.3 is 20.1 Å². The van der Waals surface area contributed by atoms with Crippen molar-refractivity contribution in [2.24, 2.45) is 0 Å². The lowest BCUT2D eigenvalue weighted by Gasteiger charge is -2.43. The minimum absolute atomic E-state index is 0.0562. The second kappa shape index (κ2) is 6.86. The Kier molecular flexibility index (Phi) is 5.06. The van der Waals surface area contributed by atoms with E-state index in [1.807, 2.05) is 32.9 Å². The highest BCUT2D eigenvalue weighted by atomic mass is 16.6. The van der Waals surface area contributed by atoms with Crippen molar-refractivity contribution in [3.63, 3.8) is 0 Å². The average molecular weight is 360 g/mol. The summed E-state index contributed by atoms with van der Waals surface area (Å²) in [7, 11) is 0. The highest BCUT2D eigenvalue weighted by molar-refractivity contribution is 5.68. The lowest BCUT2D eigenvalue weighted by Crippen LogP contribution is -2.51. The van der Waals surface area contributed by atoms with Crippen molar-refractivity contribution >= 4 is 6.09 Å². The summed E-state index contributed by atoms with van der Waals surface area (Å²) in [5.74, 6) is 0. The van der Waals surface area contributed by atoms with Crippen LogP contribution >= 0.6 is 0 Å². The number of ether oxygens (including phenoxy) is 1. The summed E-state index contributed by atoms with van der Waals surface area (Å²) < 4.78 is 5.51. The zero-order chi connectivity index (χ0) is 19.1. The molecule has 1 aliphatic carbocycles. The zero-order valence-corrected chi connectivity index (χ0v) is 16.6. The molecule has 0 bridgehead atoms. The van der Waals surface area contributed by atoms with Crippen LogP contribution in [0.4, 0.5) is 4.79 Å². The molecule has 2 N–H and O–H groups in total. The third-order valence-electron chi connectivity index (χ3n) is 5.53. The number of carbonyl (C=O) groups is 1. The first-order chi connectivity index (χ1) is 12.1. The van der Waals surface area contributed by atoms with Crippen molar-refractivity contribution in [2.75, 3.05) is 13.1 Å². The summed E-state index contributed by atoms with van der Waals surface area (Å²) in [5.41, 5.74) is 1.65. The van der Waals surface area contributed by atoms with E-state index in [0.717, 1.165) is 12.8 Å². The van der Waals surface area contributed by atoms with Crippen LogP contribution in [0.5, 0.6) is 0 Å². The van der Waals surface area contributed by atoms with Gasteiger partial charge in [-0.3, -0.25) is 0 Å². The Balaban J connectivity index is 1.80. The van der Waals surface area contributed by atoms with Crippen molar-refractivity contribution in [3.8, 4) is 0 Å². The van der Waals surface area contributed by atoms with Crippen molar-refractivity contribution in [1.82, 2.24) is 10.2 Å². The summed E-state index contributed by atoms with van der Waals surface area (Å²) in [6.07, 6.45) is 0.759. The van der Waals surface area contributed by atoms with Gasteiger partial charge in [0.2, 0.25) is 0 Å². The predicted octanol–water partition coefficient (Wildman–Crippen LogP) is 3.37. The van der Waals surface area contributed by atoms with Crippen LogP contribution in [0.1, 0.15) is 64.6 Å². The molecule has 5 nitrogen and oxygen atoms in total. The Hall–Kier alpha value is -1.59. The highest BCUT2D eigenvalue weighted by Crippen LogP contribution is 2.51. The first-order valence-electron chi connectivity index (χ1n) is 9.65. The van der Waals surface area contributed by atoms with Gasteiger partial charge in [-0.25, -0.2) is 4.79 Å². The number of amides is 1. The van der Waals surface area contributed by atoms with Crippen LogP contribution in [0.15, 0.2) is 24.3 Å². The van der Waals surface area contributed by atoms with Crippen LogP contribution in [0.2, 0.25) is 0 Å². The van der Waals surface area contributed by atoms with E-state index in [4.69, 9.17) is 4.74 Å². The molecule has 1 fully saturated rings. The number of piperidine rings is 1. The Morgan fingerprint density at radius 1 is 1.27 bits per heavy atom. The molecule has 5 heteroatoms. The molecule has 1 aromatic rings. The Morgan fingerprint density at radius 3 is 2.46 bits per heavy atom. The molecular formula is C21H32N2O3. The molecule has 144 valence electrons. The van der Waals surface area contributed by atoms with Gasteiger partial charge >= 0.3 is 6.09 Å². The number of rotatable bonds is 2. The van der Waals surface area contributed by atoms with Crippen LogP contribution < -0.4 is 5.32 Å². The molecule has 0 radical (unpaired) electrons.